The van der Waals surface area contributed by atoms with Gasteiger partial charge in [0.1, 0.15) is 0 Å². The molecule has 1 N–H and O–H groups in total. The van der Waals surface area contributed by atoms with Crippen molar-refractivity contribution in [2.24, 2.45) is 0 Å². The molecule has 3 nitrogen and oxygen atoms in total. The van der Waals surface area contributed by atoms with Crippen molar-refractivity contribution in [3.63, 3.8) is 0 Å². The van der Waals surface area contributed by atoms with Gasteiger partial charge in [-0.25, -0.2) is 0 Å². The van der Waals surface area contributed by atoms with Crippen molar-refractivity contribution in [3.05, 3.63) is 29.8 Å². The smallest absolute Gasteiger partial charge is 0.0429 e. The van der Waals surface area contributed by atoms with Gasteiger partial charge >= 0.3 is 0 Å². The standard InChI is InChI=1S/C17H27N3/c1-19(2)13-14-7-3-4-8-15(14)18-16-10-12-20-11-6-5-9-17(16)20/h3-4,7-8,16-18H,5-6,9-13H2,1-2H3. The zero-order valence-corrected chi connectivity index (χ0v) is 12.8. The molecule has 2 fully saturated rings. The maximum atomic E-state index is 3.85. The summed E-state index contributed by atoms with van der Waals surface area (Å²) < 4.78 is 0. The molecule has 110 valence electrons. The summed E-state index contributed by atoms with van der Waals surface area (Å²) in [6.45, 7) is 3.59. The Balaban J connectivity index is 1.71. The van der Waals surface area contributed by atoms with Gasteiger partial charge in [-0.15, -0.1) is 0 Å². The third-order valence-corrected chi connectivity index (χ3v) is 4.70. The van der Waals surface area contributed by atoms with Crippen LogP contribution in [-0.2, 0) is 6.54 Å². The van der Waals surface area contributed by atoms with Gasteiger partial charge in [0.15, 0.2) is 0 Å². The number of para-hydroxylation sites is 1. The topological polar surface area (TPSA) is 18.5 Å². The van der Waals surface area contributed by atoms with Gasteiger partial charge in [0.05, 0.1) is 0 Å². The lowest BCUT2D eigenvalue weighted by molar-refractivity contribution is 0.192. The Morgan fingerprint density at radius 3 is 2.85 bits per heavy atom. The second-order valence-electron chi connectivity index (χ2n) is 6.53. The Kier molecular flexibility index (Phi) is 4.27. The SMILES string of the molecule is CN(C)Cc1ccccc1NC1CCN2CCCCC12. The van der Waals surface area contributed by atoms with Crippen molar-refractivity contribution in [2.75, 3.05) is 32.5 Å². The van der Waals surface area contributed by atoms with Gasteiger partial charge in [0, 0.05) is 30.9 Å². The quantitative estimate of drug-likeness (QED) is 0.910. The fraction of sp³-hybridized carbons (Fsp3) is 0.647. The van der Waals surface area contributed by atoms with Crippen LogP contribution in [0, 0.1) is 0 Å². The normalized spacial score (nSPS) is 26.8. The minimum Gasteiger partial charge on any atom is -0.380 e. The first-order chi connectivity index (χ1) is 9.74. The van der Waals surface area contributed by atoms with Gasteiger partial charge in [-0.3, -0.25) is 4.90 Å². The molecule has 2 saturated heterocycles. The molecule has 0 aromatic heterocycles. The molecule has 2 heterocycles. The highest BCUT2D eigenvalue weighted by atomic mass is 15.2. The minimum atomic E-state index is 0.638. The van der Waals surface area contributed by atoms with Crippen LogP contribution in [0.1, 0.15) is 31.2 Å². The molecule has 3 rings (SSSR count). The zero-order valence-electron chi connectivity index (χ0n) is 12.8. The van der Waals surface area contributed by atoms with Crippen LogP contribution in [0.2, 0.25) is 0 Å². The summed E-state index contributed by atoms with van der Waals surface area (Å²) in [7, 11) is 4.27. The van der Waals surface area contributed by atoms with E-state index in [1.54, 1.807) is 0 Å². The second-order valence-corrected chi connectivity index (χ2v) is 6.53. The molecule has 0 spiro atoms. The van der Waals surface area contributed by atoms with Crippen molar-refractivity contribution >= 4 is 5.69 Å². The molecule has 2 atom stereocenters. The summed E-state index contributed by atoms with van der Waals surface area (Å²) in [6, 6.07) is 10.2. The number of nitrogens with zero attached hydrogens (tertiary/aromatic N) is 2. The molecule has 0 saturated carbocycles. The number of nitrogens with one attached hydrogen (secondary N) is 1. The lowest BCUT2D eigenvalue weighted by Gasteiger charge is -2.33. The van der Waals surface area contributed by atoms with Crippen LogP contribution in [0.15, 0.2) is 24.3 Å². The van der Waals surface area contributed by atoms with Gasteiger partial charge in [0.25, 0.3) is 0 Å². The molecular formula is C17H27N3. The molecule has 2 aliphatic rings. The average Bonchev–Trinajstić information content (AvgIpc) is 2.84. The van der Waals surface area contributed by atoms with Crippen LogP contribution in [0.5, 0.6) is 0 Å². The fourth-order valence-corrected chi connectivity index (χ4v) is 3.76. The molecule has 0 radical (unpaired) electrons. The number of piperidine rings is 1. The van der Waals surface area contributed by atoms with E-state index in [1.807, 2.05) is 0 Å². The molecule has 0 bridgehead atoms. The van der Waals surface area contributed by atoms with Gasteiger partial charge in [-0.2, -0.15) is 0 Å². The lowest BCUT2D eigenvalue weighted by atomic mass is 9.98. The van der Waals surface area contributed by atoms with Crippen LogP contribution in [0.3, 0.4) is 0 Å². The summed E-state index contributed by atoms with van der Waals surface area (Å²) in [4.78, 5) is 4.93. The molecule has 3 heteroatoms. The number of rotatable bonds is 4. The highest BCUT2D eigenvalue weighted by molar-refractivity contribution is 5.52. The summed E-state index contributed by atoms with van der Waals surface area (Å²) in [5, 5.41) is 3.85. The molecule has 1 aromatic rings. The third kappa shape index (κ3) is 2.99. The summed E-state index contributed by atoms with van der Waals surface area (Å²) in [5.74, 6) is 0. The molecule has 2 aliphatic heterocycles. The monoisotopic (exact) mass is 273 g/mol. The van der Waals surface area contributed by atoms with Crippen LogP contribution < -0.4 is 5.32 Å². The zero-order chi connectivity index (χ0) is 13.9. The van der Waals surface area contributed by atoms with E-state index in [4.69, 9.17) is 0 Å². The maximum absolute atomic E-state index is 3.85. The van der Waals surface area contributed by atoms with Crippen molar-refractivity contribution < 1.29 is 0 Å². The van der Waals surface area contributed by atoms with Gasteiger partial charge < -0.3 is 10.2 Å². The van der Waals surface area contributed by atoms with E-state index >= 15 is 0 Å². The van der Waals surface area contributed by atoms with Gasteiger partial charge in [0.2, 0.25) is 0 Å². The number of hydrogen-bond donors (Lipinski definition) is 1. The highest BCUT2D eigenvalue weighted by Crippen LogP contribution is 2.30. The van der Waals surface area contributed by atoms with E-state index in [2.05, 4.69) is 53.5 Å². The lowest BCUT2D eigenvalue weighted by Crippen LogP contribution is -2.41. The van der Waals surface area contributed by atoms with E-state index < -0.39 is 0 Å². The van der Waals surface area contributed by atoms with E-state index in [9.17, 15) is 0 Å². The molecule has 0 aliphatic carbocycles. The molecular weight excluding hydrogens is 246 g/mol. The van der Waals surface area contributed by atoms with E-state index in [0.29, 0.717) is 6.04 Å². The number of anilines is 1. The van der Waals surface area contributed by atoms with E-state index in [-0.39, 0.29) is 0 Å². The van der Waals surface area contributed by atoms with Crippen molar-refractivity contribution in [1.82, 2.24) is 9.80 Å². The Hall–Kier alpha value is -1.06. The highest BCUT2D eigenvalue weighted by Gasteiger charge is 2.35. The predicted octanol–water partition coefficient (Wildman–Crippen LogP) is 2.79. The average molecular weight is 273 g/mol. The number of fused-ring (bicyclic) bond motifs is 1. The van der Waals surface area contributed by atoms with Crippen molar-refractivity contribution in [3.8, 4) is 0 Å². The molecule has 2 unspecified atom stereocenters. The Morgan fingerprint density at radius 1 is 1.15 bits per heavy atom. The minimum absolute atomic E-state index is 0.638. The molecule has 20 heavy (non-hydrogen) atoms. The third-order valence-electron chi connectivity index (χ3n) is 4.70. The Morgan fingerprint density at radius 2 is 2.00 bits per heavy atom. The van der Waals surface area contributed by atoms with E-state index in [1.165, 1.54) is 50.0 Å². The summed E-state index contributed by atoms with van der Waals surface area (Å²) >= 11 is 0. The first-order valence-electron chi connectivity index (χ1n) is 7.97. The number of hydrogen-bond acceptors (Lipinski definition) is 3. The Labute approximate surface area is 123 Å². The van der Waals surface area contributed by atoms with Crippen LogP contribution in [0.25, 0.3) is 0 Å². The number of benzene rings is 1. The second kappa shape index (κ2) is 6.15. The first-order valence-corrected chi connectivity index (χ1v) is 7.97. The van der Waals surface area contributed by atoms with Crippen LogP contribution in [0.4, 0.5) is 5.69 Å². The van der Waals surface area contributed by atoms with Crippen molar-refractivity contribution in [2.45, 2.75) is 44.3 Å². The van der Waals surface area contributed by atoms with Gasteiger partial charge in [-0.05, 0) is 51.5 Å². The molecule has 1 aromatic carbocycles. The van der Waals surface area contributed by atoms with Gasteiger partial charge in [-0.1, -0.05) is 24.6 Å². The summed E-state index contributed by atoms with van der Waals surface area (Å²) in [6.07, 6.45) is 5.45. The first kappa shape index (κ1) is 13.9. The fourth-order valence-electron chi connectivity index (χ4n) is 3.76. The maximum Gasteiger partial charge on any atom is 0.0429 e. The Bertz CT molecular complexity index is 444. The molecule has 0 amide bonds. The van der Waals surface area contributed by atoms with Crippen molar-refractivity contribution in [1.29, 1.82) is 0 Å². The predicted molar refractivity (Wildman–Crippen MR) is 85.1 cm³/mol. The largest absolute Gasteiger partial charge is 0.380 e. The van der Waals surface area contributed by atoms with E-state index in [0.717, 1.165) is 12.6 Å². The summed E-state index contributed by atoms with van der Waals surface area (Å²) in [5.41, 5.74) is 2.74. The van der Waals surface area contributed by atoms with Crippen LogP contribution in [-0.4, -0.2) is 49.1 Å². The van der Waals surface area contributed by atoms with Crippen LogP contribution >= 0.6 is 0 Å².